The highest BCUT2D eigenvalue weighted by Gasteiger charge is 2.33. The molecule has 0 aliphatic carbocycles. The molecule has 8 heteroatoms. The van der Waals surface area contributed by atoms with Crippen LogP contribution in [0.1, 0.15) is 15.9 Å². The Balaban J connectivity index is 1.68. The first-order valence-corrected chi connectivity index (χ1v) is 9.08. The van der Waals surface area contributed by atoms with Crippen molar-refractivity contribution in [2.24, 2.45) is 0 Å². The maximum atomic E-state index is 12.2. The zero-order valence-corrected chi connectivity index (χ0v) is 15.5. The van der Waals surface area contributed by atoms with E-state index in [1.807, 2.05) is 30.3 Å². The van der Waals surface area contributed by atoms with Gasteiger partial charge in [0.2, 0.25) is 5.91 Å². The van der Waals surface area contributed by atoms with Gasteiger partial charge in [-0.05, 0) is 41.1 Å². The van der Waals surface area contributed by atoms with Gasteiger partial charge in [-0.1, -0.05) is 54.7 Å². The van der Waals surface area contributed by atoms with E-state index >= 15 is 0 Å². The Labute approximate surface area is 164 Å². The number of carboxylic acids is 1. The molecule has 27 heavy (non-hydrogen) atoms. The van der Waals surface area contributed by atoms with Crippen LogP contribution in [0, 0.1) is 0 Å². The predicted octanol–water partition coefficient (Wildman–Crippen LogP) is 2.53. The smallest absolute Gasteiger partial charge is 0.292 e. The molecule has 1 aliphatic rings. The van der Waals surface area contributed by atoms with Crippen molar-refractivity contribution < 1.29 is 19.5 Å². The van der Waals surface area contributed by atoms with Crippen LogP contribution in [0.5, 0.6) is 0 Å². The fourth-order valence-corrected chi connectivity index (χ4v) is 3.64. The van der Waals surface area contributed by atoms with Gasteiger partial charge in [0, 0.05) is 5.69 Å². The second-order valence-corrected chi connectivity index (χ2v) is 6.97. The SMILES string of the molecule is O=C(CN1C(=O)SC(=Cc2ccccc2)C1=S)Nc1cccc(C(=O)[O-])c1. The number of nitrogens with zero attached hydrogens (tertiary/aromatic N) is 1. The molecule has 0 bridgehead atoms. The van der Waals surface area contributed by atoms with E-state index in [0.29, 0.717) is 10.6 Å². The van der Waals surface area contributed by atoms with Gasteiger partial charge in [-0.15, -0.1) is 0 Å². The number of amides is 2. The van der Waals surface area contributed by atoms with Crippen molar-refractivity contribution in [2.75, 3.05) is 11.9 Å². The van der Waals surface area contributed by atoms with Crippen molar-refractivity contribution in [1.82, 2.24) is 4.90 Å². The third-order valence-corrected chi connectivity index (χ3v) is 5.15. The van der Waals surface area contributed by atoms with E-state index in [0.717, 1.165) is 17.3 Å². The number of carboxylic acid groups (broad SMARTS) is 1. The lowest BCUT2D eigenvalue weighted by Gasteiger charge is -2.15. The highest BCUT2D eigenvalue weighted by Crippen LogP contribution is 2.33. The number of hydrogen-bond donors (Lipinski definition) is 1. The van der Waals surface area contributed by atoms with Gasteiger partial charge < -0.3 is 15.2 Å². The third kappa shape index (κ3) is 4.60. The predicted molar refractivity (Wildman–Crippen MR) is 106 cm³/mol. The average molecular weight is 397 g/mol. The molecule has 1 N–H and O–H groups in total. The molecule has 1 saturated heterocycles. The number of nitrogens with one attached hydrogen (secondary N) is 1. The Morgan fingerprint density at radius 1 is 1.15 bits per heavy atom. The standard InChI is InChI=1S/C19H14N2O4S2/c22-16(20-14-8-4-7-13(10-14)18(23)24)11-21-17(26)15(27-19(21)25)9-12-5-2-1-3-6-12/h1-10H,11H2,(H,20,22)(H,23,24)/p-1. The molecule has 0 aromatic heterocycles. The van der Waals surface area contributed by atoms with Crippen LogP contribution in [0.4, 0.5) is 10.5 Å². The number of hydrogen-bond acceptors (Lipinski definition) is 6. The fourth-order valence-electron chi connectivity index (χ4n) is 2.40. The van der Waals surface area contributed by atoms with Gasteiger partial charge >= 0.3 is 0 Å². The number of thioether (sulfide) groups is 1. The van der Waals surface area contributed by atoms with E-state index in [1.165, 1.54) is 23.1 Å². The summed E-state index contributed by atoms with van der Waals surface area (Å²) in [6.45, 7) is -0.258. The van der Waals surface area contributed by atoms with E-state index in [1.54, 1.807) is 12.1 Å². The molecule has 0 spiro atoms. The minimum Gasteiger partial charge on any atom is -0.545 e. The zero-order chi connectivity index (χ0) is 19.4. The lowest BCUT2D eigenvalue weighted by molar-refractivity contribution is -0.255. The molecule has 0 radical (unpaired) electrons. The Hall–Kier alpha value is -2.97. The number of rotatable bonds is 5. The Bertz CT molecular complexity index is 957. The normalized spacial score (nSPS) is 15.3. The average Bonchev–Trinajstić information content (AvgIpc) is 2.90. The number of carbonyl (C=O) groups excluding carboxylic acids is 3. The van der Waals surface area contributed by atoms with Crippen LogP contribution in [-0.2, 0) is 4.79 Å². The number of benzene rings is 2. The fraction of sp³-hybridized carbons (Fsp3) is 0.0526. The van der Waals surface area contributed by atoms with Gasteiger partial charge in [-0.25, -0.2) is 0 Å². The third-order valence-electron chi connectivity index (χ3n) is 3.65. The first-order chi connectivity index (χ1) is 12.9. The lowest BCUT2D eigenvalue weighted by Crippen LogP contribution is -2.35. The Kier molecular flexibility index (Phi) is 5.68. The van der Waals surface area contributed by atoms with E-state index in [2.05, 4.69) is 5.32 Å². The topological polar surface area (TPSA) is 89.5 Å². The van der Waals surface area contributed by atoms with E-state index < -0.39 is 11.9 Å². The second-order valence-electron chi connectivity index (χ2n) is 5.59. The zero-order valence-electron chi connectivity index (χ0n) is 13.9. The maximum Gasteiger partial charge on any atom is 0.292 e. The number of anilines is 1. The molecule has 2 aromatic rings. The summed E-state index contributed by atoms with van der Waals surface area (Å²) < 4.78 is 0. The molecule has 0 unspecified atom stereocenters. The number of aromatic carboxylic acids is 1. The van der Waals surface area contributed by atoms with Crippen molar-refractivity contribution in [3.05, 3.63) is 70.6 Å². The quantitative estimate of drug-likeness (QED) is 0.616. The lowest BCUT2D eigenvalue weighted by atomic mass is 10.2. The van der Waals surface area contributed by atoms with Crippen molar-refractivity contribution in [3.63, 3.8) is 0 Å². The van der Waals surface area contributed by atoms with Crippen molar-refractivity contribution in [2.45, 2.75) is 0 Å². The summed E-state index contributed by atoms with van der Waals surface area (Å²) in [5.41, 5.74) is 1.15. The highest BCUT2D eigenvalue weighted by atomic mass is 32.2. The van der Waals surface area contributed by atoms with Crippen LogP contribution in [0.3, 0.4) is 0 Å². The molecule has 2 amide bonds. The molecule has 136 valence electrons. The maximum absolute atomic E-state index is 12.2. The molecule has 0 saturated carbocycles. The molecule has 1 aliphatic heterocycles. The van der Waals surface area contributed by atoms with Crippen LogP contribution in [0.25, 0.3) is 6.08 Å². The molecule has 6 nitrogen and oxygen atoms in total. The van der Waals surface area contributed by atoms with Gasteiger partial charge in [0.05, 0.1) is 10.9 Å². The Morgan fingerprint density at radius 2 is 1.89 bits per heavy atom. The largest absolute Gasteiger partial charge is 0.545 e. The van der Waals surface area contributed by atoms with Crippen LogP contribution in [0.2, 0.25) is 0 Å². The van der Waals surface area contributed by atoms with E-state index in [9.17, 15) is 19.5 Å². The summed E-state index contributed by atoms with van der Waals surface area (Å²) in [7, 11) is 0. The van der Waals surface area contributed by atoms with Crippen molar-refractivity contribution >= 4 is 57.8 Å². The summed E-state index contributed by atoms with van der Waals surface area (Å²) in [5.74, 6) is -1.82. The van der Waals surface area contributed by atoms with Crippen LogP contribution < -0.4 is 10.4 Å². The second kappa shape index (κ2) is 8.15. The van der Waals surface area contributed by atoms with E-state index in [4.69, 9.17) is 12.2 Å². The van der Waals surface area contributed by atoms with Crippen LogP contribution in [-0.4, -0.2) is 33.5 Å². The summed E-state index contributed by atoms with van der Waals surface area (Å²) in [5, 5.41) is 13.1. The first kappa shape index (κ1) is 18.8. The Morgan fingerprint density at radius 3 is 2.59 bits per heavy atom. The van der Waals surface area contributed by atoms with Gasteiger partial charge in [0.1, 0.15) is 11.5 Å². The van der Waals surface area contributed by atoms with Gasteiger partial charge in [0.15, 0.2) is 0 Å². The minimum atomic E-state index is -1.34. The molecular formula is C19H13N2O4S2-. The molecule has 3 rings (SSSR count). The van der Waals surface area contributed by atoms with Gasteiger partial charge in [-0.3, -0.25) is 14.5 Å². The summed E-state index contributed by atoms with van der Waals surface area (Å²) in [6, 6.07) is 15.1. The molecule has 1 heterocycles. The van der Waals surface area contributed by atoms with Crippen molar-refractivity contribution in [3.8, 4) is 0 Å². The van der Waals surface area contributed by atoms with Crippen LogP contribution >= 0.6 is 24.0 Å². The minimum absolute atomic E-state index is 0.0517. The van der Waals surface area contributed by atoms with Crippen molar-refractivity contribution in [1.29, 1.82) is 0 Å². The summed E-state index contributed by atoms with van der Waals surface area (Å²) in [4.78, 5) is 37.5. The summed E-state index contributed by atoms with van der Waals surface area (Å²) >= 11 is 6.30. The van der Waals surface area contributed by atoms with Gasteiger partial charge in [0.25, 0.3) is 5.24 Å². The molecule has 0 atom stereocenters. The molecular weight excluding hydrogens is 384 g/mol. The molecule has 2 aromatic carbocycles. The highest BCUT2D eigenvalue weighted by molar-refractivity contribution is 8.19. The monoisotopic (exact) mass is 397 g/mol. The van der Waals surface area contributed by atoms with Crippen LogP contribution in [0.15, 0.2) is 59.5 Å². The first-order valence-electron chi connectivity index (χ1n) is 7.86. The number of carbonyl (C=O) groups is 3. The number of thiocarbonyl (C=S) groups is 1. The summed E-state index contributed by atoms with van der Waals surface area (Å²) in [6.07, 6.45) is 1.80. The molecule has 1 fully saturated rings. The van der Waals surface area contributed by atoms with E-state index in [-0.39, 0.29) is 22.3 Å². The van der Waals surface area contributed by atoms with Gasteiger partial charge in [-0.2, -0.15) is 0 Å².